The number of likely N-dealkylation sites (N-methyl/N-ethyl adjacent to an activating group) is 2. The van der Waals surface area contributed by atoms with E-state index in [-0.39, 0.29) is 0 Å². The molecule has 0 saturated heterocycles. The van der Waals surface area contributed by atoms with Crippen LogP contribution in [0.5, 0.6) is 0 Å². The lowest BCUT2D eigenvalue weighted by Crippen LogP contribution is -2.38. The maximum absolute atomic E-state index is 3.21. The summed E-state index contributed by atoms with van der Waals surface area (Å²) in [7, 11) is 4.30. The molecule has 0 bridgehead atoms. The SMILES string of the molecule is CCC1CCCC1N(C)CCNC. The third-order valence-electron chi connectivity index (χ3n) is 3.42. The molecular weight excluding hydrogens is 160 g/mol. The van der Waals surface area contributed by atoms with Gasteiger partial charge in [-0.1, -0.05) is 19.8 Å². The van der Waals surface area contributed by atoms with Gasteiger partial charge in [0.15, 0.2) is 0 Å². The van der Waals surface area contributed by atoms with Gasteiger partial charge in [-0.2, -0.15) is 0 Å². The van der Waals surface area contributed by atoms with Crippen LogP contribution in [0, 0.1) is 5.92 Å². The average molecular weight is 184 g/mol. The van der Waals surface area contributed by atoms with E-state index >= 15 is 0 Å². The van der Waals surface area contributed by atoms with Crippen LogP contribution in [-0.2, 0) is 0 Å². The second-order valence-corrected chi connectivity index (χ2v) is 4.25. The lowest BCUT2D eigenvalue weighted by Gasteiger charge is -2.29. The predicted octanol–water partition coefficient (Wildman–Crippen LogP) is 1.72. The Bertz CT molecular complexity index is 136. The first-order valence-electron chi connectivity index (χ1n) is 5.64. The molecule has 2 unspecified atom stereocenters. The van der Waals surface area contributed by atoms with Crippen molar-refractivity contribution in [3.8, 4) is 0 Å². The number of nitrogens with one attached hydrogen (secondary N) is 1. The lowest BCUT2D eigenvalue weighted by atomic mass is 10.00. The third kappa shape index (κ3) is 2.96. The van der Waals surface area contributed by atoms with Crippen LogP contribution in [0.15, 0.2) is 0 Å². The third-order valence-corrected chi connectivity index (χ3v) is 3.42. The van der Waals surface area contributed by atoms with Crippen molar-refractivity contribution in [3.63, 3.8) is 0 Å². The molecule has 1 aliphatic rings. The van der Waals surface area contributed by atoms with E-state index in [0.29, 0.717) is 0 Å². The number of rotatable bonds is 5. The van der Waals surface area contributed by atoms with Crippen molar-refractivity contribution in [2.45, 2.75) is 38.6 Å². The number of hydrogen-bond acceptors (Lipinski definition) is 2. The van der Waals surface area contributed by atoms with Crippen LogP contribution < -0.4 is 5.32 Å². The highest BCUT2D eigenvalue weighted by Crippen LogP contribution is 2.31. The number of hydrogen-bond donors (Lipinski definition) is 1. The Kier molecular flexibility index (Phi) is 4.74. The molecule has 0 heterocycles. The molecule has 1 saturated carbocycles. The summed E-state index contributed by atoms with van der Waals surface area (Å²) in [5.41, 5.74) is 0. The second-order valence-electron chi connectivity index (χ2n) is 4.25. The fraction of sp³-hybridized carbons (Fsp3) is 1.00. The monoisotopic (exact) mass is 184 g/mol. The molecule has 2 heteroatoms. The molecule has 1 N–H and O–H groups in total. The Labute approximate surface area is 82.7 Å². The Morgan fingerprint density at radius 1 is 1.38 bits per heavy atom. The minimum Gasteiger partial charge on any atom is -0.318 e. The summed E-state index contributed by atoms with van der Waals surface area (Å²) in [6, 6.07) is 0.860. The maximum atomic E-state index is 3.21. The largest absolute Gasteiger partial charge is 0.318 e. The van der Waals surface area contributed by atoms with Gasteiger partial charge in [-0.3, -0.25) is 0 Å². The van der Waals surface area contributed by atoms with Crippen molar-refractivity contribution in [3.05, 3.63) is 0 Å². The summed E-state index contributed by atoms with van der Waals surface area (Å²) in [5.74, 6) is 0.960. The second kappa shape index (κ2) is 5.61. The van der Waals surface area contributed by atoms with Gasteiger partial charge in [0.25, 0.3) is 0 Å². The standard InChI is InChI=1S/C11H24N2/c1-4-10-6-5-7-11(10)13(3)9-8-12-2/h10-12H,4-9H2,1-3H3. The van der Waals surface area contributed by atoms with E-state index < -0.39 is 0 Å². The van der Waals surface area contributed by atoms with E-state index in [0.717, 1.165) is 18.5 Å². The smallest absolute Gasteiger partial charge is 0.0121 e. The van der Waals surface area contributed by atoms with E-state index in [1.165, 1.54) is 32.2 Å². The Morgan fingerprint density at radius 2 is 2.15 bits per heavy atom. The summed E-state index contributed by atoms with van der Waals surface area (Å²) in [6.07, 6.45) is 5.66. The fourth-order valence-corrected chi connectivity index (χ4v) is 2.53. The van der Waals surface area contributed by atoms with E-state index in [4.69, 9.17) is 0 Å². The van der Waals surface area contributed by atoms with Gasteiger partial charge in [-0.25, -0.2) is 0 Å². The molecule has 0 aromatic heterocycles. The molecule has 1 fully saturated rings. The first-order chi connectivity index (χ1) is 6.29. The summed E-state index contributed by atoms with van der Waals surface area (Å²) < 4.78 is 0. The van der Waals surface area contributed by atoms with E-state index in [9.17, 15) is 0 Å². The zero-order chi connectivity index (χ0) is 9.68. The van der Waals surface area contributed by atoms with Gasteiger partial charge in [-0.15, -0.1) is 0 Å². The van der Waals surface area contributed by atoms with Gasteiger partial charge < -0.3 is 10.2 Å². The van der Waals surface area contributed by atoms with Gasteiger partial charge >= 0.3 is 0 Å². The fourth-order valence-electron chi connectivity index (χ4n) is 2.53. The van der Waals surface area contributed by atoms with Crippen molar-refractivity contribution in [1.29, 1.82) is 0 Å². The highest BCUT2D eigenvalue weighted by molar-refractivity contribution is 4.83. The molecule has 1 aliphatic carbocycles. The van der Waals surface area contributed by atoms with Crippen molar-refractivity contribution in [2.75, 3.05) is 27.2 Å². The van der Waals surface area contributed by atoms with Crippen LogP contribution in [0.4, 0.5) is 0 Å². The van der Waals surface area contributed by atoms with Crippen molar-refractivity contribution >= 4 is 0 Å². The van der Waals surface area contributed by atoms with Crippen molar-refractivity contribution < 1.29 is 0 Å². The molecule has 2 atom stereocenters. The summed E-state index contributed by atoms with van der Waals surface area (Å²) in [5, 5.41) is 3.21. The van der Waals surface area contributed by atoms with Crippen LogP contribution in [-0.4, -0.2) is 38.1 Å². The Balaban J connectivity index is 2.31. The van der Waals surface area contributed by atoms with Gasteiger partial charge in [-0.05, 0) is 32.9 Å². The van der Waals surface area contributed by atoms with Crippen LogP contribution in [0.25, 0.3) is 0 Å². The summed E-state index contributed by atoms with van der Waals surface area (Å²) in [4.78, 5) is 2.54. The van der Waals surface area contributed by atoms with E-state index in [1.54, 1.807) is 0 Å². The van der Waals surface area contributed by atoms with Crippen LogP contribution in [0.3, 0.4) is 0 Å². The normalized spacial score (nSPS) is 28.6. The molecule has 78 valence electrons. The number of nitrogens with zero attached hydrogens (tertiary/aromatic N) is 1. The first-order valence-corrected chi connectivity index (χ1v) is 5.64. The topological polar surface area (TPSA) is 15.3 Å². The molecular formula is C11H24N2. The molecule has 0 aromatic carbocycles. The molecule has 13 heavy (non-hydrogen) atoms. The van der Waals surface area contributed by atoms with Crippen molar-refractivity contribution in [1.82, 2.24) is 10.2 Å². The highest BCUT2D eigenvalue weighted by Gasteiger charge is 2.28. The predicted molar refractivity (Wildman–Crippen MR) is 58.0 cm³/mol. The summed E-state index contributed by atoms with van der Waals surface area (Å²) >= 11 is 0. The highest BCUT2D eigenvalue weighted by atomic mass is 15.1. The quantitative estimate of drug-likeness (QED) is 0.700. The molecule has 0 radical (unpaired) electrons. The molecule has 0 amide bonds. The minimum absolute atomic E-state index is 0.860. The van der Waals surface area contributed by atoms with Gasteiger partial charge in [0.05, 0.1) is 0 Å². The molecule has 1 rings (SSSR count). The first kappa shape index (κ1) is 11.0. The Morgan fingerprint density at radius 3 is 2.77 bits per heavy atom. The average Bonchev–Trinajstić information content (AvgIpc) is 2.61. The van der Waals surface area contributed by atoms with Crippen molar-refractivity contribution in [2.24, 2.45) is 5.92 Å². The van der Waals surface area contributed by atoms with Gasteiger partial charge in [0.2, 0.25) is 0 Å². The van der Waals surface area contributed by atoms with Crippen LogP contribution in [0.2, 0.25) is 0 Å². The summed E-state index contributed by atoms with van der Waals surface area (Å²) in [6.45, 7) is 4.63. The molecule has 0 spiro atoms. The van der Waals surface area contributed by atoms with Crippen LogP contribution >= 0.6 is 0 Å². The van der Waals surface area contributed by atoms with E-state index in [1.807, 2.05) is 7.05 Å². The zero-order valence-corrected chi connectivity index (χ0v) is 9.34. The van der Waals surface area contributed by atoms with Gasteiger partial charge in [0.1, 0.15) is 0 Å². The molecule has 2 nitrogen and oxygen atoms in total. The zero-order valence-electron chi connectivity index (χ0n) is 9.34. The minimum atomic E-state index is 0.860. The molecule has 0 aliphatic heterocycles. The molecule has 0 aromatic rings. The Hall–Kier alpha value is -0.0800. The maximum Gasteiger partial charge on any atom is 0.0121 e. The van der Waals surface area contributed by atoms with E-state index in [2.05, 4.69) is 24.2 Å². The lowest BCUT2D eigenvalue weighted by molar-refractivity contribution is 0.196. The van der Waals surface area contributed by atoms with Gasteiger partial charge in [0, 0.05) is 19.1 Å². The van der Waals surface area contributed by atoms with Crippen LogP contribution in [0.1, 0.15) is 32.6 Å².